The van der Waals surface area contributed by atoms with Gasteiger partial charge in [0.15, 0.2) is 0 Å². The van der Waals surface area contributed by atoms with Crippen molar-refractivity contribution in [2.45, 2.75) is 25.8 Å². The predicted octanol–water partition coefficient (Wildman–Crippen LogP) is 4.33. The first-order valence-electron chi connectivity index (χ1n) is 6.31. The third-order valence-corrected chi connectivity index (χ3v) is 3.68. The number of hydrogen-bond acceptors (Lipinski definition) is 2. The SMILES string of the molecule is CCCNC(Cc1ccccc1Br)c1ccco1. The maximum Gasteiger partial charge on any atom is 0.121 e. The van der Waals surface area contributed by atoms with Crippen LogP contribution in [0.2, 0.25) is 0 Å². The maximum absolute atomic E-state index is 5.53. The smallest absolute Gasteiger partial charge is 0.121 e. The molecule has 2 rings (SSSR count). The molecule has 1 unspecified atom stereocenters. The van der Waals surface area contributed by atoms with Gasteiger partial charge in [0.2, 0.25) is 0 Å². The molecule has 1 atom stereocenters. The second-order valence-electron chi connectivity index (χ2n) is 4.32. The summed E-state index contributed by atoms with van der Waals surface area (Å²) in [6.45, 7) is 3.17. The standard InChI is InChI=1S/C15H18BrNO/c1-2-9-17-14(15-8-5-10-18-15)11-12-6-3-4-7-13(12)16/h3-8,10,14,17H,2,9,11H2,1H3. The lowest BCUT2D eigenvalue weighted by molar-refractivity contribution is 0.410. The minimum absolute atomic E-state index is 0.235. The topological polar surface area (TPSA) is 25.2 Å². The highest BCUT2D eigenvalue weighted by Crippen LogP contribution is 2.24. The third kappa shape index (κ3) is 3.47. The molecule has 1 N–H and O–H groups in total. The molecule has 1 aromatic heterocycles. The molecular formula is C15H18BrNO. The van der Waals surface area contributed by atoms with Crippen LogP contribution in [0.4, 0.5) is 0 Å². The van der Waals surface area contributed by atoms with E-state index in [0.717, 1.165) is 29.6 Å². The highest BCUT2D eigenvalue weighted by atomic mass is 79.9. The Morgan fingerprint density at radius 1 is 1.22 bits per heavy atom. The zero-order valence-corrected chi connectivity index (χ0v) is 12.1. The van der Waals surface area contributed by atoms with E-state index in [9.17, 15) is 0 Å². The lowest BCUT2D eigenvalue weighted by Gasteiger charge is -2.17. The van der Waals surface area contributed by atoms with Gasteiger partial charge in [-0.2, -0.15) is 0 Å². The monoisotopic (exact) mass is 307 g/mol. The van der Waals surface area contributed by atoms with Crippen LogP contribution in [0.5, 0.6) is 0 Å². The Morgan fingerprint density at radius 2 is 2.06 bits per heavy atom. The van der Waals surface area contributed by atoms with Gasteiger partial charge in [-0.15, -0.1) is 0 Å². The molecule has 0 aliphatic carbocycles. The summed E-state index contributed by atoms with van der Waals surface area (Å²) < 4.78 is 6.68. The van der Waals surface area contributed by atoms with Gasteiger partial charge in [0.1, 0.15) is 5.76 Å². The highest BCUT2D eigenvalue weighted by molar-refractivity contribution is 9.10. The van der Waals surface area contributed by atoms with Crippen LogP contribution in [0.25, 0.3) is 0 Å². The van der Waals surface area contributed by atoms with Crippen LogP contribution in [0.1, 0.15) is 30.7 Å². The molecule has 3 heteroatoms. The second kappa shape index (κ2) is 6.76. The van der Waals surface area contributed by atoms with E-state index in [1.165, 1.54) is 5.56 Å². The van der Waals surface area contributed by atoms with Crippen molar-refractivity contribution in [2.24, 2.45) is 0 Å². The highest BCUT2D eigenvalue weighted by Gasteiger charge is 2.15. The Balaban J connectivity index is 2.13. The summed E-state index contributed by atoms with van der Waals surface area (Å²) in [4.78, 5) is 0. The minimum atomic E-state index is 0.235. The largest absolute Gasteiger partial charge is 0.468 e. The Bertz CT molecular complexity index is 467. The van der Waals surface area contributed by atoms with Crippen LogP contribution in [-0.4, -0.2) is 6.54 Å². The average Bonchev–Trinajstić information content (AvgIpc) is 2.90. The summed E-state index contributed by atoms with van der Waals surface area (Å²) in [5, 5.41) is 3.53. The number of halogens is 1. The van der Waals surface area contributed by atoms with Crippen molar-refractivity contribution in [3.63, 3.8) is 0 Å². The number of hydrogen-bond donors (Lipinski definition) is 1. The van der Waals surface area contributed by atoms with Crippen LogP contribution < -0.4 is 5.32 Å². The average molecular weight is 308 g/mol. The molecule has 96 valence electrons. The van der Waals surface area contributed by atoms with Crippen molar-refractivity contribution in [1.82, 2.24) is 5.32 Å². The van der Waals surface area contributed by atoms with E-state index in [1.807, 2.05) is 18.2 Å². The van der Waals surface area contributed by atoms with Gasteiger partial charge >= 0.3 is 0 Å². The second-order valence-corrected chi connectivity index (χ2v) is 5.17. The van der Waals surface area contributed by atoms with Crippen LogP contribution in [0.15, 0.2) is 51.6 Å². The molecule has 18 heavy (non-hydrogen) atoms. The fourth-order valence-electron chi connectivity index (χ4n) is 1.97. The number of rotatable bonds is 6. The van der Waals surface area contributed by atoms with Crippen LogP contribution in [0, 0.1) is 0 Å². The molecule has 0 fully saturated rings. The van der Waals surface area contributed by atoms with E-state index >= 15 is 0 Å². The lowest BCUT2D eigenvalue weighted by atomic mass is 10.0. The van der Waals surface area contributed by atoms with Gasteiger partial charge in [-0.05, 0) is 43.1 Å². The Labute approximate surface area is 117 Å². The van der Waals surface area contributed by atoms with Crippen molar-refractivity contribution in [3.8, 4) is 0 Å². The molecule has 0 saturated carbocycles. The number of nitrogens with one attached hydrogen (secondary N) is 1. The van der Waals surface area contributed by atoms with E-state index in [4.69, 9.17) is 4.42 Å². The molecule has 0 spiro atoms. The Hall–Kier alpha value is -1.06. The molecule has 1 heterocycles. The molecule has 0 saturated heterocycles. The summed E-state index contributed by atoms with van der Waals surface area (Å²) in [6, 6.07) is 12.5. The summed E-state index contributed by atoms with van der Waals surface area (Å²) in [5.74, 6) is 0.999. The van der Waals surface area contributed by atoms with Crippen LogP contribution in [-0.2, 0) is 6.42 Å². The van der Waals surface area contributed by atoms with Crippen molar-refractivity contribution < 1.29 is 4.42 Å². The molecule has 2 aromatic rings. The van der Waals surface area contributed by atoms with E-state index in [0.29, 0.717) is 0 Å². The lowest BCUT2D eigenvalue weighted by Crippen LogP contribution is -2.23. The quantitative estimate of drug-likeness (QED) is 0.859. The molecule has 0 amide bonds. The van der Waals surface area contributed by atoms with Gasteiger partial charge < -0.3 is 9.73 Å². The van der Waals surface area contributed by atoms with E-state index in [-0.39, 0.29) is 6.04 Å². The summed E-state index contributed by atoms with van der Waals surface area (Å²) in [6.07, 6.45) is 3.78. The van der Waals surface area contributed by atoms with Crippen molar-refractivity contribution in [3.05, 3.63) is 58.5 Å². The number of furan rings is 1. The first kappa shape index (κ1) is 13.4. The number of benzene rings is 1. The van der Waals surface area contributed by atoms with Gasteiger partial charge in [0.05, 0.1) is 12.3 Å². The Kier molecular flexibility index (Phi) is 5.02. The first-order valence-corrected chi connectivity index (χ1v) is 7.10. The van der Waals surface area contributed by atoms with E-state index in [2.05, 4.69) is 46.4 Å². The first-order chi connectivity index (χ1) is 8.81. The van der Waals surface area contributed by atoms with E-state index in [1.54, 1.807) is 6.26 Å². The molecule has 0 bridgehead atoms. The van der Waals surface area contributed by atoms with Crippen molar-refractivity contribution in [1.29, 1.82) is 0 Å². The van der Waals surface area contributed by atoms with Gasteiger partial charge in [-0.1, -0.05) is 41.1 Å². The molecule has 1 aromatic carbocycles. The van der Waals surface area contributed by atoms with Crippen LogP contribution >= 0.6 is 15.9 Å². The van der Waals surface area contributed by atoms with Gasteiger partial charge in [-0.3, -0.25) is 0 Å². The predicted molar refractivity (Wildman–Crippen MR) is 77.6 cm³/mol. The zero-order valence-electron chi connectivity index (χ0n) is 10.5. The third-order valence-electron chi connectivity index (χ3n) is 2.91. The van der Waals surface area contributed by atoms with Gasteiger partial charge in [0, 0.05) is 4.47 Å². The molecule has 2 nitrogen and oxygen atoms in total. The van der Waals surface area contributed by atoms with Gasteiger partial charge in [-0.25, -0.2) is 0 Å². The van der Waals surface area contributed by atoms with Gasteiger partial charge in [0.25, 0.3) is 0 Å². The summed E-state index contributed by atoms with van der Waals surface area (Å²) in [5.41, 5.74) is 1.29. The molecular weight excluding hydrogens is 290 g/mol. The summed E-state index contributed by atoms with van der Waals surface area (Å²) >= 11 is 3.60. The molecule has 0 aliphatic rings. The van der Waals surface area contributed by atoms with Crippen molar-refractivity contribution in [2.75, 3.05) is 6.54 Å². The fraction of sp³-hybridized carbons (Fsp3) is 0.333. The minimum Gasteiger partial charge on any atom is -0.468 e. The Morgan fingerprint density at radius 3 is 2.72 bits per heavy atom. The summed E-state index contributed by atoms with van der Waals surface area (Å²) in [7, 11) is 0. The normalized spacial score (nSPS) is 12.6. The van der Waals surface area contributed by atoms with Crippen molar-refractivity contribution >= 4 is 15.9 Å². The fourth-order valence-corrected chi connectivity index (χ4v) is 2.41. The van der Waals surface area contributed by atoms with E-state index < -0.39 is 0 Å². The van der Waals surface area contributed by atoms with Crippen LogP contribution in [0.3, 0.4) is 0 Å². The zero-order chi connectivity index (χ0) is 12.8. The molecule has 0 aliphatic heterocycles. The maximum atomic E-state index is 5.53. The molecule has 0 radical (unpaired) electrons.